The molecular formula is C15H12N6O2S. The summed E-state index contributed by atoms with van der Waals surface area (Å²) in [7, 11) is 0. The molecule has 0 fully saturated rings. The van der Waals surface area contributed by atoms with Crippen LogP contribution in [0.5, 0.6) is 0 Å². The van der Waals surface area contributed by atoms with Crippen molar-refractivity contribution in [1.82, 2.24) is 29.9 Å². The van der Waals surface area contributed by atoms with Crippen LogP contribution in [0.3, 0.4) is 0 Å². The van der Waals surface area contributed by atoms with Gasteiger partial charge in [-0.2, -0.15) is 10.1 Å². The Bertz CT molecular complexity index is 1080. The maximum Gasteiger partial charge on any atom is 0.346 e. The fourth-order valence-corrected chi connectivity index (χ4v) is 3.09. The first-order valence-electron chi connectivity index (χ1n) is 7.20. The Labute approximate surface area is 139 Å². The highest BCUT2D eigenvalue weighted by molar-refractivity contribution is 7.14. The van der Waals surface area contributed by atoms with Gasteiger partial charge in [-0.05, 0) is 13.0 Å². The molecule has 1 aromatic carbocycles. The number of carbonyl (C=O) groups excluding carboxylic acids is 1. The van der Waals surface area contributed by atoms with Crippen molar-refractivity contribution in [2.24, 2.45) is 0 Å². The van der Waals surface area contributed by atoms with Crippen molar-refractivity contribution in [3.05, 3.63) is 57.8 Å². The number of aromatic nitrogens is 5. The first-order valence-corrected chi connectivity index (χ1v) is 8.08. The van der Waals surface area contributed by atoms with E-state index in [0.717, 1.165) is 4.96 Å². The first-order chi connectivity index (χ1) is 11.6. The van der Waals surface area contributed by atoms with Gasteiger partial charge in [-0.1, -0.05) is 29.5 Å². The summed E-state index contributed by atoms with van der Waals surface area (Å²) in [6.07, 6.45) is 1.76. The molecule has 4 rings (SSSR count). The smallest absolute Gasteiger partial charge is 0.343 e. The van der Waals surface area contributed by atoms with E-state index in [9.17, 15) is 9.59 Å². The van der Waals surface area contributed by atoms with Crippen molar-refractivity contribution < 1.29 is 4.79 Å². The number of rotatable bonds is 3. The van der Waals surface area contributed by atoms with Crippen molar-refractivity contribution in [2.45, 2.75) is 13.0 Å². The number of benzene rings is 1. The van der Waals surface area contributed by atoms with Crippen molar-refractivity contribution in [2.75, 3.05) is 0 Å². The second kappa shape index (κ2) is 5.53. The van der Waals surface area contributed by atoms with Crippen LogP contribution >= 0.6 is 11.3 Å². The zero-order valence-electron chi connectivity index (χ0n) is 12.6. The summed E-state index contributed by atoms with van der Waals surface area (Å²) in [6, 6.07) is 6.71. The molecule has 3 aromatic heterocycles. The summed E-state index contributed by atoms with van der Waals surface area (Å²) >= 11 is 1.41. The number of hydrogen-bond donors (Lipinski definition) is 2. The molecule has 0 saturated carbocycles. The number of para-hydroxylation sites is 1. The van der Waals surface area contributed by atoms with Gasteiger partial charge in [0.25, 0.3) is 5.91 Å². The van der Waals surface area contributed by atoms with Crippen LogP contribution in [0.4, 0.5) is 0 Å². The lowest BCUT2D eigenvalue weighted by Crippen LogP contribution is -2.30. The van der Waals surface area contributed by atoms with Crippen molar-refractivity contribution >= 4 is 33.1 Å². The van der Waals surface area contributed by atoms with Crippen LogP contribution in [-0.2, 0) is 0 Å². The van der Waals surface area contributed by atoms with E-state index >= 15 is 0 Å². The Morgan fingerprint density at radius 1 is 1.33 bits per heavy atom. The number of fused-ring (bicyclic) bond motifs is 2. The molecule has 9 heteroatoms. The molecule has 0 aliphatic carbocycles. The topological polar surface area (TPSA) is 105 Å². The Morgan fingerprint density at radius 3 is 3.00 bits per heavy atom. The Balaban J connectivity index is 1.66. The molecule has 0 spiro atoms. The highest BCUT2D eigenvalue weighted by Crippen LogP contribution is 2.17. The minimum atomic E-state index is -0.557. The Kier molecular flexibility index (Phi) is 3.35. The van der Waals surface area contributed by atoms with Gasteiger partial charge < -0.3 is 10.3 Å². The number of nitrogens with zero attached hydrogens (tertiary/aromatic N) is 4. The van der Waals surface area contributed by atoms with E-state index in [1.54, 1.807) is 40.5 Å². The van der Waals surface area contributed by atoms with Crippen molar-refractivity contribution in [1.29, 1.82) is 0 Å². The summed E-state index contributed by atoms with van der Waals surface area (Å²) in [6.45, 7) is 1.82. The summed E-state index contributed by atoms with van der Waals surface area (Å²) in [5.74, 6) is -0.422. The lowest BCUT2D eigenvalue weighted by molar-refractivity contribution is 0.0935. The van der Waals surface area contributed by atoms with Crippen LogP contribution in [0.2, 0.25) is 0 Å². The van der Waals surface area contributed by atoms with Crippen molar-refractivity contribution in [3.63, 3.8) is 0 Å². The summed E-state index contributed by atoms with van der Waals surface area (Å²) in [5.41, 5.74) is 2.50. The molecule has 1 amide bonds. The minimum absolute atomic E-state index is 0.0975. The third-order valence-corrected chi connectivity index (χ3v) is 4.34. The van der Waals surface area contributed by atoms with Gasteiger partial charge in [-0.25, -0.2) is 14.3 Å². The Morgan fingerprint density at radius 2 is 2.17 bits per heavy atom. The van der Waals surface area contributed by atoms with Crippen LogP contribution in [0.15, 0.2) is 40.8 Å². The number of amides is 1. The van der Waals surface area contributed by atoms with Gasteiger partial charge in [0.2, 0.25) is 4.96 Å². The minimum Gasteiger partial charge on any atom is -0.343 e. The van der Waals surface area contributed by atoms with Crippen molar-refractivity contribution in [3.8, 4) is 0 Å². The molecule has 120 valence electrons. The zero-order chi connectivity index (χ0) is 16.7. The van der Waals surface area contributed by atoms with E-state index in [1.807, 2.05) is 6.92 Å². The fraction of sp³-hybridized carbons (Fsp3) is 0.133. The summed E-state index contributed by atoms with van der Waals surface area (Å²) in [4.78, 5) is 35.9. The quantitative estimate of drug-likeness (QED) is 0.588. The highest BCUT2D eigenvalue weighted by atomic mass is 32.1. The van der Waals surface area contributed by atoms with Gasteiger partial charge >= 0.3 is 5.69 Å². The van der Waals surface area contributed by atoms with Gasteiger partial charge in [-0.15, -0.1) is 0 Å². The maximum absolute atomic E-state index is 12.6. The maximum atomic E-state index is 12.6. The molecule has 1 atom stereocenters. The molecule has 0 aliphatic rings. The van der Waals surface area contributed by atoms with Crippen LogP contribution in [-0.4, -0.2) is 30.5 Å². The van der Waals surface area contributed by atoms with E-state index in [0.29, 0.717) is 16.6 Å². The number of nitrogens with one attached hydrogen (secondary N) is 2. The molecule has 0 saturated heterocycles. The van der Waals surface area contributed by atoms with Crippen LogP contribution < -0.4 is 11.0 Å². The van der Waals surface area contributed by atoms with Gasteiger partial charge in [0.05, 0.1) is 23.4 Å². The molecular weight excluding hydrogens is 328 g/mol. The summed E-state index contributed by atoms with van der Waals surface area (Å²) in [5, 5.41) is 7.54. The van der Waals surface area contributed by atoms with E-state index in [-0.39, 0.29) is 11.7 Å². The number of carbonyl (C=O) groups is 1. The molecule has 4 aromatic rings. The second-order valence-corrected chi connectivity index (χ2v) is 6.07. The third kappa shape index (κ3) is 2.44. The molecule has 0 radical (unpaired) electrons. The molecule has 0 aliphatic heterocycles. The number of imidazole rings is 1. The van der Waals surface area contributed by atoms with Gasteiger partial charge in [-0.3, -0.25) is 4.79 Å². The van der Waals surface area contributed by atoms with Gasteiger partial charge in [0.1, 0.15) is 11.2 Å². The van der Waals surface area contributed by atoms with Crippen LogP contribution in [0, 0.1) is 0 Å². The number of aromatic amines is 1. The normalized spacial score (nSPS) is 12.5. The predicted octanol–water partition coefficient (Wildman–Crippen LogP) is 1.52. The van der Waals surface area contributed by atoms with E-state index in [2.05, 4.69) is 25.4 Å². The standard InChI is InChI=1S/C15H12N6O2S/c1-8(11-6-21-15(19-11)24-7-16-21)17-13(22)12-9-4-2-3-5-10(9)18-14(23)20-12/h2-8H,1H3,(H,17,22)(H,18,20,23)/t8-/m1/s1. The highest BCUT2D eigenvalue weighted by Gasteiger charge is 2.18. The third-order valence-electron chi connectivity index (χ3n) is 3.65. The lowest BCUT2D eigenvalue weighted by Gasteiger charge is -2.11. The van der Waals surface area contributed by atoms with Gasteiger partial charge in [0.15, 0.2) is 0 Å². The van der Waals surface area contributed by atoms with Crippen LogP contribution in [0.1, 0.15) is 29.1 Å². The molecule has 2 N–H and O–H groups in total. The number of H-pyrrole nitrogens is 1. The summed E-state index contributed by atoms with van der Waals surface area (Å²) < 4.78 is 1.66. The van der Waals surface area contributed by atoms with E-state index in [4.69, 9.17) is 0 Å². The van der Waals surface area contributed by atoms with Crippen LogP contribution in [0.25, 0.3) is 15.9 Å². The SMILES string of the molecule is C[C@@H](NC(=O)c1nc(=O)[nH]c2ccccc12)c1cn2ncsc2n1. The molecule has 3 heterocycles. The molecule has 0 bridgehead atoms. The van der Waals surface area contributed by atoms with E-state index < -0.39 is 11.6 Å². The average molecular weight is 340 g/mol. The predicted molar refractivity (Wildman–Crippen MR) is 89.1 cm³/mol. The number of hydrogen-bond acceptors (Lipinski definition) is 6. The average Bonchev–Trinajstić information content (AvgIpc) is 3.15. The van der Waals surface area contributed by atoms with Gasteiger partial charge in [0, 0.05) is 5.39 Å². The molecule has 0 unspecified atom stereocenters. The lowest BCUT2D eigenvalue weighted by atomic mass is 10.1. The zero-order valence-corrected chi connectivity index (χ0v) is 13.4. The van der Waals surface area contributed by atoms with E-state index in [1.165, 1.54) is 11.3 Å². The fourth-order valence-electron chi connectivity index (χ4n) is 2.48. The molecule has 24 heavy (non-hydrogen) atoms. The Hall–Kier alpha value is -3.07. The second-order valence-electron chi connectivity index (χ2n) is 5.26. The first kappa shape index (κ1) is 14.5. The largest absolute Gasteiger partial charge is 0.346 e. The molecule has 8 nitrogen and oxygen atoms in total. The monoisotopic (exact) mass is 340 g/mol.